The minimum atomic E-state index is -0.490. The van der Waals surface area contributed by atoms with Gasteiger partial charge in [-0.15, -0.1) is 0 Å². The first-order valence-corrected chi connectivity index (χ1v) is 9.95. The fourth-order valence-electron chi connectivity index (χ4n) is 3.19. The highest BCUT2D eigenvalue weighted by Crippen LogP contribution is 2.26. The number of benzene rings is 1. The fraction of sp³-hybridized carbons (Fsp3) is 0.600. The van der Waals surface area contributed by atoms with Gasteiger partial charge in [0.1, 0.15) is 5.60 Å². The molecule has 27 heavy (non-hydrogen) atoms. The Morgan fingerprint density at radius 2 is 1.89 bits per heavy atom. The first kappa shape index (κ1) is 21.7. The molecule has 0 saturated carbocycles. The zero-order chi connectivity index (χ0) is 20.2. The number of esters is 1. The number of rotatable bonds is 4. The van der Waals surface area contributed by atoms with E-state index in [1.807, 2.05) is 32.9 Å². The Morgan fingerprint density at radius 3 is 2.44 bits per heavy atom. The molecule has 1 aromatic carbocycles. The second kappa shape index (κ2) is 9.06. The number of carbonyl (C=O) groups is 2. The first-order valence-electron chi connectivity index (χ1n) is 9.16. The van der Waals surface area contributed by atoms with Gasteiger partial charge < -0.3 is 14.4 Å². The Morgan fingerprint density at radius 1 is 1.26 bits per heavy atom. The van der Waals surface area contributed by atoms with Crippen LogP contribution in [0.5, 0.6) is 0 Å². The van der Waals surface area contributed by atoms with Gasteiger partial charge >= 0.3 is 12.1 Å². The van der Waals surface area contributed by atoms with Crippen molar-refractivity contribution in [1.29, 1.82) is 0 Å². The number of hydrogen-bond donors (Lipinski definition) is 0. The van der Waals surface area contributed by atoms with E-state index < -0.39 is 5.60 Å². The molecule has 7 heteroatoms. The molecular formula is C20H29BrN2O4. The molecule has 0 aromatic heterocycles. The van der Waals surface area contributed by atoms with Crippen molar-refractivity contribution in [3.63, 3.8) is 0 Å². The lowest BCUT2D eigenvalue weighted by atomic mass is 10.0. The number of piperidine rings is 1. The summed E-state index contributed by atoms with van der Waals surface area (Å²) in [5, 5.41) is 0. The van der Waals surface area contributed by atoms with Crippen molar-refractivity contribution in [3.05, 3.63) is 33.8 Å². The lowest BCUT2D eigenvalue weighted by Gasteiger charge is -2.37. The number of hydrogen-bond acceptors (Lipinski definition) is 5. The lowest BCUT2D eigenvalue weighted by molar-refractivity contribution is 0.0148. The molecule has 1 fully saturated rings. The van der Waals surface area contributed by atoms with E-state index in [4.69, 9.17) is 9.47 Å². The van der Waals surface area contributed by atoms with E-state index in [0.29, 0.717) is 12.1 Å². The van der Waals surface area contributed by atoms with Gasteiger partial charge in [0.05, 0.1) is 12.7 Å². The monoisotopic (exact) mass is 440 g/mol. The number of likely N-dealkylation sites (tertiary alicyclic amines) is 1. The largest absolute Gasteiger partial charge is 0.465 e. The molecule has 0 N–H and O–H groups in total. The van der Waals surface area contributed by atoms with Gasteiger partial charge in [0.25, 0.3) is 0 Å². The van der Waals surface area contributed by atoms with Crippen LogP contribution in [-0.2, 0) is 16.0 Å². The van der Waals surface area contributed by atoms with Crippen molar-refractivity contribution >= 4 is 28.0 Å². The van der Waals surface area contributed by atoms with Crippen molar-refractivity contribution in [2.24, 2.45) is 0 Å². The summed E-state index contributed by atoms with van der Waals surface area (Å²) in [5.74, 6) is -0.328. The van der Waals surface area contributed by atoms with Gasteiger partial charge in [-0.3, -0.25) is 4.90 Å². The molecule has 1 aromatic rings. The normalized spacial score (nSPS) is 16.1. The third kappa shape index (κ3) is 5.94. The van der Waals surface area contributed by atoms with Crippen LogP contribution in [0.4, 0.5) is 4.79 Å². The predicted octanol–water partition coefficient (Wildman–Crippen LogP) is 4.07. The Labute approximate surface area is 169 Å². The molecule has 1 saturated heterocycles. The molecule has 0 radical (unpaired) electrons. The zero-order valence-corrected chi connectivity index (χ0v) is 18.3. The van der Waals surface area contributed by atoms with Crippen LogP contribution in [0.25, 0.3) is 0 Å². The van der Waals surface area contributed by atoms with Crippen LogP contribution in [0.2, 0.25) is 0 Å². The van der Waals surface area contributed by atoms with E-state index in [-0.39, 0.29) is 18.1 Å². The second-order valence-corrected chi connectivity index (χ2v) is 8.71. The molecular weight excluding hydrogens is 412 g/mol. The summed E-state index contributed by atoms with van der Waals surface area (Å²) >= 11 is 3.55. The summed E-state index contributed by atoms with van der Waals surface area (Å²) in [6.07, 6.45) is 1.46. The minimum absolute atomic E-state index is 0.162. The maximum absolute atomic E-state index is 12.3. The molecule has 0 aliphatic carbocycles. The maximum atomic E-state index is 12.3. The molecule has 1 heterocycles. The number of ether oxygens (including phenoxy) is 2. The Kier molecular flexibility index (Phi) is 7.28. The molecule has 150 valence electrons. The van der Waals surface area contributed by atoms with Crippen LogP contribution in [-0.4, -0.2) is 60.8 Å². The fourth-order valence-corrected chi connectivity index (χ4v) is 3.68. The number of amides is 1. The predicted molar refractivity (Wildman–Crippen MR) is 108 cm³/mol. The van der Waals surface area contributed by atoms with E-state index in [2.05, 4.69) is 20.8 Å². The number of carbonyl (C=O) groups excluding carboxylic acids is 2. The van der Waals surface area contributed by atoms with E-state index in [1.165, 1.54) is 7.11 Å². The van der Waals surface area contributed by atoms with E-state index in [9.17, 15) is 9.59 Å². The third-order valence-corrected chi connectivity index (χ3v) is 5.44. The van der Waals surface area contributed by atoms with Crippen LogP contribution in [0.3, 0.4) is 0 Å². The third-order valence-electron chi connectivity index (χ3n) is 4.69. The minimum Gasteiger partial charge on any atom is -0.465 e. The van der Waals surface area contributed by atoms with Gasteiger partial charge in [0.15, 0.2) is 0 Å². The molecule has 0 unspecified atom stereocenters. The summed E-state index contributed by atoms with van der Waals surface area (Å²) in [6, 6.07) is 5.72. The van der Waals surface area contributed by atoms with E-state index in [0.717, 1.165) is 36.0 Å². The molecule has 0 atom stereocenters. The summed E-state index contributed by atoms with van der Waals surface area (Å²) in [7, 11) is 3.20. The Hall–Kier alpha value is -1.60. The average molecular weight is 441 g/mol. The molecule has 6 nitrogen and oxygen atoms in total. The highest BCUT2D eigenvalue weighted by Gasteiger charge is 2.29. The van der Waals surface area contributed by atoms with E-state index >= 15 is 0 Å². The lowest BCUT2D eigenvalue weighted by Crippen LogP contribution is -2.46. The Balaban J connectivity index is 1.97. The summed E-state index contributed by atoms with van der Waals surface area (Å²) in [5.41, 5.74) is 1.03. The van der Waals surface area contributed by atoms with Gasteiger partial charge in [0, 0.05) is 37.2 Å². The standard InChI is InChI=1S/C20H29BrN2O4/c1-20(2,3)27-19(25)22(4)14-9-11-23(12-10-14)13-16-15(18(24)26-5)7-6-8-17(16)21/h6-8,14H,9-13H2,1-5H3. The molecule has 1 aliphatic heterocycles. The molecule has 0 spiro atoms. The molecule has 2 rings (SSSR count). The van der Waals surface area contributed by atoms with Crippen molar-refractivity contribution in [2.45, 2.75) is 51.8 Å². The quantitative estimate of drug-likeness (QED) is 0.660. The van der Waals surface area contributed by atoms with Crippen LogP contribution in [0.15, 0.2) is 22.7 Å². The maximum Gasteiger partial charge on any atom is 0.410 e. The molecule has 1 amide bonds. The average Bonchev–Trinajstić information content (AvgIpc) is 2.61. The second-order valence-electron chi connectivity index (χ2n) is 7.86. The smallest absolute Gasteiger partial charge is 0.410 e. The van der Waals surface area contributed by atoms with Crippen LogP contribution >= 0.6 is 15.9 Å². The van der Waals surface area contributed by atoms with Crippen LogP contribution < -0.4 is 0 Å². The summed E-state index contributed by atoms with van der Waals surface area (Å²) < 4.78 is 11.3. The molecule has 0 bridgehead atoms. The van der Waals surface area contributed by atoms with Gasteiger partial charge in [-0.2, -0.15) is 0 Å². The molecule has 1 aliphatic rings. The van der Waals surface area contributed by atoms with Crippen LogP contribution in [0, 0.1) is 0 Å². The van der Waals surface area contributed by atoms with Gasteiger partial charge in [-0.25, -0.2) is 9.59 Å². The van der Waals surface area contributed by atoms with Gasteiger partial charge in [-0.05, 0) is 51.3 Å². The van der Waals surface area contributed by atoms with Gasteiger partial charge in [0.2, 0.25) is 0 Å². The first-order chi connectivity index (χ1) is 12.6. The van der Waals surface area contributed by atoms with Crippen LogP contribution in [0.1, 0.15) is 49.5 Å². The van der Waals surface area contributed by atoms with Crippen molar-refractivity contribution < 1.29 is 19.1 Å². The van der Waals surface area contributed by atoms with Crippen molar-refractivity contribution in [3.8, 4) is 0 Å². The van der Waals surface area contributed by atoms with Crippen molar-refractivity contribution in [1.82, 2.24) is 9.80 Å². The van der Waals surface area contributed by atoms with E-state index in [1.54, 1.807) is 18.0 Å². The van der Waals surface area contributed by atoms with Gasteiger partial charge in [-0.1, -0.05) is 22.0 Å². The summed E-state index contributed by atoms with van der Waals surface area (Å²) in [6.45, 7) is 7.97. The number of nitrogens with zero attached hydrogens (tertiary/aromatic N) is 2. The SMILES string of the molecule is COC(=O)c1cccc(Br)c1CN1CCC(N(C)C(=O)OC(C)(C)C)CC1. The zero-order valence-electron chi connectivity index (χ0n) is 16.8. The van der Waals surface area contributed by atoms with Crippen molar-refractivity contribution in [2.75, 3.05) is 27.2 Å². The topological polar surface area (TPSA) is 59.1 Å². The highest BCUT2D eigenvalue weighted by atomic mass is 79.9. The summed E-state index contributed by atoms with van der Waals surface area (Å²) in [4.78, 5) is 28.3. The Bertz CT molecular complexity index is 679. The highest BCUT2D eigenvalue weighted by molar-refractivity contribution is 9.10. The number of methoxy groups -OCH3 is 1. The number of halogens is 1.